The molecular formula is C12H13NO3S. The van der Waals surface area contributed by atoms with Crippen LogP contribution in [0.5, 0.6) is 5.75 Å². The number of para-hydroxylation sites is 1. The Labute approximate surface area is 103 Å². The first-order chi connectivity index (χ1) is 8.16. The van der Waals surface area contributed by atoms with Gasteiger partial charge in [0.2, 0.25) is 0 Å². The molecule has 0 aliphatic heterocycles. The summed E-state index contributed by atoms with van der Waals surface area (Å²) in [6, 6.07) is 7.19. The van der Waals surface area contributed by atoms with Gasteiger partial charge in [-0.1, -0.05) is 12.1 Å². The lowest BCUT2D eigenvalue weighted by Crippen LogP contribution is -2.19. The average molecular weight is 251 g/mol. The van der Waals surface area contributed by atoms with Crippen molar-refractivity contribution in [3.8, 4) is 5.75 Å². The molecule has 0 spiro atoms. The van der Waals surface area contributed by atoms with E-state index in [4.69, 9.17) is 5.11 Å². The second-order valence-electron chi connectivity index (χ2n) is 3.63. The van der Waals surface area contributed by atoms with Gasteiger partial charge in [0.25, 0.3) is 5.56 Å². The Morgan fingerprint density at radius 2 is 2.06 bits per heavy atom. The molecule has 2 N–H and O–H groups in total. The van der Waals surface area contributed by atoms with Gasteiger partial charge in [0.1, 0.15) is 10.6 Å². The van der Waals surface area contributed by atoms with E-state index in [1.165, 1.54) is 16.3 Å². The molecule has 0 aliphatic rings. The van der Waals surface area contributed by atoms with Gasteiger partial charge in [-0.3, -0.25) is 4.79 Å². The fourth-order valence-corrected chi connectivity index (χ4v) is 2.53. The molecule has 90 valence electrons. The van der Waals surface area contributed by atoms with Crippen molar-refractivity contribution in [3.63, 3.8) is 0 Å². The van der Waals surface area contributed by atoms with Crippen molar-refractivity contribution >= 4 is 22.7 Å². The molecule has 0 fully saturated rings. The lowest BCUT2D eigenvalue weighted by molar-refractivity contribution is 0.322. The van der Waals surface area contributed by atoms with Crippen LogP contribution in [0.2, 0.25) is 0 Å². The maximum absolute atomic E-state index is 12.0. The molecule has 2 rings (SSSR count). The number of aliphatic hydroxyl groups excluding tert-OH is 1. The summed E-state index contributed by atoms with van der Waals surface area (Å²) in [7, 11) is 1.67. The number of pyridine rings is 1. The Hall–Kier alpha value is -1.46. The average Bonchev–Trinajstić information content (AvgIpc) is 2.36. The number of aromatic hydroxyl groups is 1. The molecule has 1 aromatic carbocycles. The van der Waals surface area contributed by atoms with Crippen molar-refractivity contribution in [3.05, 3.63) is 34.6 Å². The van der Waals surface area contributed by atoms with Crippen LogP contribution in [0, 0.1) is 0 Å². The van der Waals surface area contributed by atoms with Crippen molar-refractivity contribution in [1.29, 1.82) is 0 Å². The summed E-state index contributed by atoms with van der Waals surface area (Å²) in [6.45, 7) is -0.0277. The van der Waals surface area contributed by atoms with Crippen LogP contribution in [-0.2, 0) is 7.05 Å². The third-order valence-electron chi connectivity index (χ3n) is 2.57. The molecule has 1 heterocycles. The molecule has 0 amide bonds. The zero-order chi connectivity index (χ0) is 12.4. The zero-order valence-corrected chi connectivity index (χ0v) is 10.2. The highest BCUT2D eigenvalue weighted by Gasteiger charge is 2.14. The van der Waals surface area contributed by atoms with E-state index in [0.717, 1.165) is 0 Å². The van der Waals surface area contributed by atoms with Crippen LogP contribution in [0.4, 0.5) is 0 Å². The SMILES string of the molecule is Cn1c(=O)c(SCCO)c(O)c2ccccc21. The predicted molar refractivity (Wildman–Crippen MR) is 68.7 cm³/mol. The quantitative estimate of drug-likeness (QED) is 0.808. The standard InChI is InChI=1S/C12H13NO3S/c1-13-9-5-3-2-4-8(9)10(15)11(12(13)16)17-7-6-14/h2-5,14-15H,6-7H2,1H3. The Morgan fingerprint density at radius 1 is 1.35 bits per heavy atom. The Kier molecular flexibility index (Phi) is 3.40. The molecule has 0 unspecified atom stereocenters. The zero-order valence-electron chi connectivity index (χ0n) is 9.38. The van der Waals surface area contributed by atoms with Crippen LogP contribution in [0.3, 0.4) is 0 Å². The van der Waals surface area contributed by atoms with Gasteiger partial charge in [0.05, 0.1) is 12.1 Å². The molecule has 0 atom stereocenters. The van der Waals surface area contributed by atoms with Crippen molar-refractivity contribution < 1.29 is 10.2 Å². The van der Waals surface area contributed by atoms with Gasteiger partial charge in [-0.25, -0.2) is 0 Å². The van der Waals surface area contributed by atoms with Crippen LogP contribution < -0.4 is 5.56 Å². The smallest absolute Gasteiger partial charge is 0.268 e. The topological polar surface area (TPSA) is 62.5 Å². The second kappa shape index (κ2) is 4.81. The highest BCUT2D eigenvalue weighted by Crippen LogP contribution is 2.31. The number of fused-ring (bicyclic) bond motifs is 1. The van der Waals surface area contributed by atoms with Crippen LogP contribution in [-0.4, -0.2) is 27.1 Å². The molecule has 2 aromatic rings. The van der Waals surface area contributed by atoms with Gasteiger partial charge in [-0.2, -0.15) is 0 Å². The van der Waals surface area contributed by atoms with E-state index in [1.807, 2.05) is 12.1 Å². The largest absolute Gasteiger partial charge is 0.506 e. The lowest BCUT2D eigenvalue weighted by Gasteiger charge is -2.10. The molecule has 0 saturated carbocycles. The molecule has 0 aliphatic carbocycles. The highest BCUT2D eigenvalue weighted by atomic mass is 32.2. The Balaban J connectivity index is 2.73. The fourth-order valence-electron chi connectivity index (χ4n) is 1.73. The van der Waals surface area contributed by atoms with E-state index in [9.17, 15) is 9.90 Å². The van der Waals surface area contributed by atoms with Gasteiger partial charge in [-0.15, -0.1) is 11.8 Å². The third kappa shape index (κ3) is 2.03. The Morgan fingerprint density at radius 3 is 2.76 bits per heavy atom. The normalized spacial score (nSPS) is 10.9. The number of thioether (sulfide) groups is 1. The fraction of sp³-hybridized carbons (Fsp3) is 0.250. The van der Waals surface area contributed by atoms with Crippen molar-refractivity contribution in [2.45, 2.75) is 4.90 Å². The van der Waals surface area contributed by atoms with Gasteiger partial charge < -0.3 is 14.8 Å². The first kappa shape index (κ1) is 12.0. The van der Waals surface area contributed by atoms with E-state index in [-0.39, 0.29) is 17.9 Å². The van der Waals surface area contributed by atoms with Gasteiger partial charge in [0.15, 0.2) is 0 Å². The van der Waals surface area contributed by atoms with Crippen LogP contribution in [0.15, 0.2) is 34.0 Å². The van der Waals surface area contributed by atoms with Crippen LogP contribution in [0.25, 0.3) is 10.9 Å². The van der Waals surface area contributed by atoms with Gasteiger partial charge in [0, 0.05) is 18.2 Å². The number of aryl methyl sites for hydroxylation is 1. The molecule has 0 radical (unpaired) electrons. The summed E-state index contributed by atoms with van der Waals surface area (Å²) in [5.41, 5.74) is 0.461. The van der Waals surface area contributed by atoms with E-state index >= 15 is 0 Å². The van der Waals surface area contributed by atoms with Crippen molar-refractivity contribution in [1.82, 2.24) is 4.57 Å². The number of hydrogen-bond acceptors (Lipinski definition) is 4. The predicted octanol–water partition coefficient (Wildman–Crippen LogP) is 1.33. The highest BCUT2D eigenvalue weighted by molar-refractivity contribution is 7.99. The number of nitrogens with zero attached hydrogens (tertiary/aromatic N) is 1. The first-order valence-electron chi connectivity index (χ1n) is 5.21. The first-order valence-corrected chi connectivity index (χ1v) is 6.19. The third-order valence-corrected chi connectivity index (χ3v) is 3.62. The number of aromatic nitrogens is 1. The Bertz CT molecular complexity index is 606. The summed E-state index contributed by atoms with van der Waals surface area (Å²) in [4.78, 5) is 12.3. The summed E-state index contributed by atoms with van der Waals surface area (Å²) in [5.74, 6) is 0.392. The molecular weight excluding hydrogens is 238 g/mol. The lowest BCUT2D eigenvalue weighted by atomic mass is 10.2. The summed E-state index contributed by atoms with van der Waals surface area (Å²) in [6.07, 6.45) is 0. The van der Waals surface area contributed by atoms with E-state index in [2.05, 4.69) is 0 Å². The van der Waals surface area contributed by atoms with Crippen molar-refractivity contribution in [2.75, 3.05) is 12.4 Å². The second-order valence-corrected chi connectivity index (χ2v) is 4.74. The molecule has 4 nitrogen and oxygen atoms in total. The minimum atomic E-state index is -0.236. The summed E-state index contributed by atoms with van der Waals surface area (Å²) in [5, 5.41) is 19.5. The molecule has 5 heteroatoms. The molecule has 17 heavy (non-hydrogen) atoms. The molecule has 0 saturated heterocycles. The monoisotopic (exact) mass is 251 g/mol. The molecule has 1 aromatic heterocycles. The van der Waals surface area contributed by atoms with Gasteiger partial charge in [-0.05, 0) is 12.1 Å². The maximum Gasteiger partial charge on any atom is 0.268 e. The summed E-state index contributed by atoms with van der Waals surface area (Å²) < 4.78 is 1.51. The minimum Gasteiger partial charge on any atom is -0.506 e. The van der Waals surface area contributed by atoms with Crippen LogP contribution in [0.1, 0.15) is 0 Å². The number of benzene rings is 1. The van der Waals surface area contributed by atoms with E-state index in [1.54, 1.807) is 19.2 Å². The van der Waals surface area contributed by atoms with Gasteiger partial charge >= 0.3 is 0 Å². The number of rotatable bonds is 3. The number of hydrogen-bond donors (Lipinski definition) is 2. The summed E-state index contributed by atoms with van der Waals surface area (Å²) >= 11 is 1.17. The van der Waals surface area contributed by atoms with E-state index < -0.39 is 0 Å². The maximum atomic E-state index is 12.0. The minimum absolute atomic E-state index is 0.00199. The van der Waals surface area contributed by atoms with Crippen molar-refractivity contribution in [2.24, 2.45) is 7.05 Å². The van der Waals surface area contributed by atoms with E-state index in [0.29, 0.717) is 21.6 Å². The number of aliphatic hydroxyl groups is 1. The van der Waals surface area contributed by atoms with Crippen LogP contribution >= 0.6 is 11.8 Å². The molecule has 0 bridgehead atoms.